The third kappa shape index (κ3) is 4.30. The minimum absolute atomic E-state index is 0.0368. The minimum Gasteiger partial charge on any atom is -0.362 e. The number of amides is 3. The number of rotatable bonds is 3. The van der Waals surface area contributed by atoms with Crippen molar-refractivity contribution in [2.24, 2.45) is 0 Å². The number of hydrogen-bond donors (Lipinski definition) is 3. The standard InChI is InChI=1S/C23H32N4O3/c1-16(21(29)24-17-8-4-2-3-5-9-17)27-15-14-23(13-12-20(27)28)25-19-11-7-6-10-18(19)22(30)26-23/h6-7,10-11,16-17,25H,2-5,8-9,12-15H2,1H3,(H,24,29)(H,26,30). The summed E-state index contributed by atoms with van der Waals surface area (Å²) in [7, 11) is 0. The summed E-state index contributed by atoms with van der Waals surface area (Å²) in [5.74, 6) is -0.230. The van der Waals surface area contributed by atoms with Crippen LogP contribution in [0.25, 0.3) is 0 Å². The molecule has 7 nitrogen and oxygen atoms in total. The van der Waals surface area contributed by atoms with Gasteiger partial charge in [0.25, 0.3) is 5.91 Å². The average Bonchev–Trinajstić information content (AvgIpc) is 3.08. The molecule has 2 atom stereocenters. The smallest absolute Gasteiger partial charge is 0.255 e. The van der Waals surface area contributed by atoms with Crippen LogP contribution in [0, 0.1) is 0 Å². The van der Waals surface area contributed by atoms with Crippen LogP contribution in [0.2, 0.25) is 0 Å². The Kier molecular flexibility index (Phi) is 5.97. The molecular formula is C23H32N4O3. The maximum atomic E-state index is 12.9. The normalized spacial score (nSPS) is 26.1. The maximum absolute atomic E-state index is 12.9. The highest BCUT2D eigenvalue weighted by Crippen LogP contribution is 2.32. The van der Waals surface area contributed by atoms with Gasteiger partial charge in [-0.15, -0.1) is 0 Å². The van der Waals surface area contributed by atoms with Gasteiger partial charge < -0.3 is 20.9 Å². The van der Waals surface area contributed by atoms with E-state index in [-0.39, 0.29) is 30.2 Å². The zero-order valence-electron chi connectivity index (χ0n) is 17.7. The number of carbonyl (C=O) groups excluding carboxylic acids is 3. The largest absolute Gasteiger partial charge is 0.362 e. The van der Waals surface area contributed by atoms with Crippen molar-refractivity contribution in [3.8, 4) is 0 Å². The molecule has 0 bridgehead atoms. The van der Waals surface area contributed by atoms with Crippen LogP contribution in [0.5, 0.6) is 0 Å². The Morgan fingerprint density at radius 1 is 1.10 bits per heavy atom. The van der Waals surface area contributed by atoms with Crippen molar-refractivity contribution in [2.45, 2.75) is 82.5 Å². The lowest BCUT2D eigenvalue weighted by Crippen LogP contribution is -2.58. The second-order valence-corrected chi connectivity index (χ2v) is 8.92. The molecule has 7 heteroatoms. The van der Waals surface area contributed by atoms with Crippen LogP contribution < -0.4 is 16.0 Å². The molecule has 2 aliphatic heterocycles. The number of nitrogens with one attached hydrogen (secondary N) is 3. The Balaban J connectivity index is 1.42. The molecule has 1 aromatic carbocycles. The van der Waals surface area contributed by atoms with Gasteiger partial charge in [0.1, 0.15) is 11.7 Å². The van der Waals surface area contributed by atoms with E-state index in [0.29, 0.717) is 24.9 Å². The number of fused-ring (bicyclic) bond motifs is 1. The molecule has 0 radical (unpaired) electrons. The topological polar surface area (TPSA) is 90.5 Å². The van der Waals surface area contributed by atoms with E-state index in [9.17, 15) is 14.4 Å². The van der Waals surface area contributed by atoms with Crippen LogP contribution in [0.3, 0.4) is 0 Å². The van der Waals surface area contributed by atoms with Crippen LogP contribution in [-0.2, 0) is 9.59 Å². The van der Waals surface area contributed by atoms with Crippen molar-refractivity contribution in [2.75, 3.05) is 11.9 Å². The second kappa shape index (κ2) is 8.66. The number of carbonyl (C=O) groups is 3. The fourth-order valence-electron chi connectivity index (χ4n) is 4.94. The van der Waals surface area contributed by atoms with E-state index >= 15 is 0 Å². The molecular weight excluding hydrogens is 380 g/mol. The molecule has 1 spiro atoms. The second-order valence-electron chi connectivity index (χ2n) is 8.92. The fourth-order valence-corrected chi connectivity index (χ4v) is 4.94. The summed E-state index contributed by atoms with van der Waals surface area (Å²) in [6.45, 7) is 2.23. The zero-order valence-corrected chi connectivity index (χ0v) is 17.7. The summed E-state index contributed by atoms with van der Waals surface area (Å²) < 4.78 is 0. The van der Waals surface area contributed by atoms with Gasteiger partial charge in [-0.05, 0) is 38.3 Å². The van der Waals surface area contributed by atoms with E-state index in [1.54, 1.807) is 11.0 Å². The Bertz CT molecular complexity index is 818. The van der Waals surface area contributed by atoms with E-state index in [0.717, 1.165) is 31.4 Å². The summed E-state index contributed by atoms with van der Waals surface area (Å²) in [5, 5.41) is 9.70. The Morgan fingerprint density at radius 3 is 2.60 bits per heavy atom. The van der Waals surface area contributed by atoms with Gasteiger partial charge in [-0.1, -0.05) is 37.8 Å². The van der Waals surface area contributed by atoms with Gasteiger partial charge in [-0.25, -0.2) is 0 Å². The van der Waals surface area contributed by atoms with Crippen molar-refractivity contribution in [3.63, 3.8) is 0 Å². The van der Waals surface area contributed by atoms with Gasteiger partial charge in [-0.2, -0.15) is 0 Å². The summed E-state index contributed by atoms with van der Waals surface area (Å²) in [5.41, 5.74) is 0.751. The Labute approximate surface area is 178 Å². The first-order valence-corrected chi connectivity index (χ1v) is 11.3. The third-order valence-corrected chi connectivity index (χ3v) is 6.81. The molecule has 162 valence electrons. The molecule has 2 heterocycles. The third-order valence-electron chi connectivity index (χ3n) is 6.81. The highest BCUT2D eigenvalue weighted by molar-refractivity contribution is 6.02. The summed E-state index contributed by atoms with van der Waals surface area (Å²) in [6.07, 6.45) is 8.15. The van der Waals surface area contributed by atoms with Crippen LogP contribution >= 0.6 is 0 Å². The summed E-state index contributed by atoms with van der Waals surface area (Å²) >= 11 is 0. The first kappa shape index (κ1) is 20.7. The maximum Gasteiger partial charge on any atom is 0.255 e. The number of para-hydroxylation sites is 1. The Morgan fingerprint density at radius 2 is 1.83 bits per heavy atom. The Hall–Kier alpha value is -2.57. The van der Waals surface area contributed by atoms with E-state index in [2.05, 4.69) is 16.0 Å². The molecule has 1 saturated carbocycles. The predicted molar refractivity (Wildman–Crippen MR) is 115 cm³/mol. The minimum atomic E-state index is -0.659. The van der Waals surface area contributed by atoms with Gasteiger partial charge >= 0.3 is 0 Å². The molecule has 2 fully saturated rings. The number of anilines is 1. The lowest BCUT2D eigenvalue weighted by atomic mass is 9.95. The average molecular weight is 413 g/mol. The van der Waals surface area contributed by atoms with Crippen molar-refractivity contribution in [3.05, 3.63) is 29.8 Å². The van der Waals surface area contributed by atoms with Gasteiger partial charge in [-0.3, -0.25) is 14.4 Å². The number of hydrogen-bond acceptors (Lipinski definition) is 4. The molecule has 3 aliphatic rings. The van der Waals surface area contributed by atoms with Gasteiger partial charge in [0, 0.05) is 31.1 Å². The van der Waals surface area contributed by atoms with E-state index in [1.807, 2.05) is 25.1 Å². The molecule has 3 amide bonds. The molecule has 1 aliphatic carbocycles. The van der Waals surface area contributed by atoms with Gasteiger partial charge in [0.05, 0.1) is 5.56 Å². The quantitative estimate of drug-likeness (QED) is 0.666. The summed E-state index contributed by atoms with van der Waals surface area (Å²) in [6, 6.07) is 7.12. The van der Waals surface area contributed by atoms with Gasteiger partial charge in [0.2, 0.25) is 11.8 Å². The van der Waals surface area contributed by atoms with Crippen LogP contribution in [0.15, 0.2) is 24.3 Å². The molecule has 4 rings (SSSR count). The number of likely N-dealkylation sites (tertiary alicyclic amines) is 1. The molecule has 0 aromatic heterocycles. The lowest BCUT2D eigenvalue weighted by molar-refractivity contribution is -0.139. The molecule has 1 saturated heterocycles. The molecule has 30 heavy (non-hydrogen) atoms. The highest BCUT2D eigenvalue weighted by Gasteiger charge is 2.41. The van der Waals surface area contributed by atoms with Crippen molar-refractivity contribution < 1.29 is 14.4 Å². The molecule has 1 aromatic rings. The van der Waals surface area contributed by atoms with Crippen molar-refractivity contribution >= 4 is 23.4 Å². The molecule has 2 unspecified atom stereocenters. The first-order chi connectivity index (χ1) is 14.5. The van der Waals surface area contributed by atoms with Gasteiger partial charge in [0.15, 0.2) is 0 Å². The number of benzene rings is 1. The SMILES string of the molecule is CC(C(=O)NC1CCCCCC1)N1CCC2(CCC1=O)NC(=O)c1ccccc1N2. The van der Waals surface area contributed by atoms with Crippen LogP contribution in [0.1, 0.15) is 75.1 Å². The highest BCUT2D eigenvalue weighted by atomic mass is 16.2. The van der Waals surface area contributed by atoms with Crippen molar-refractivity contribution in [1.29, 1.82) is 0 Å². The lowest BCUT2D eigenvalue weighted by Gasteiger charge is -2.40. The zero-order chi connectivity index (χ0) is 21.1. The van der Waals surface area contributed by atoms with E-state index in [1.165, 1.54) is 12.8 Å². The van der Waals surface area contributed by atoms with E-state index < -0.39 is 11.7 Å². The number of nitrogens with zero attached hydrogens (tertiary/aromatic N) is 1. The van der Waals surface area contributed by atoms with E-state index in [4.69, 9.17) is 0 Å². The monoisotopic (exact) mass is 412 g/mol. The predicted octanol–water partition coefficient (Wildman–Crippen LogP) is 2.78. The first-order valence-electron chi connectivity index (χ1n) is 11.3. The summed E-state index contributed by atoms with van der Waals surface area (Å²) in [4.78, 5) is 40.0. The fraction of sp³-hybridized carbons (Fsp3) is 0.609. The van der Waals surface area contributed by atoms with Crippen molar-refractivity contribution in [1.82, 2.24) is 15.5 Å². The molecule has 3 N–H and O–H groups in total. The van der Waals surface area contributed by atoms with Crippen LogP contribution in [0.4, 0.5) is 5.69 Å². The van der Waals surface area contributed by atoms with Crippen LogP contribution in [-0.4, -0.2) is 46.9 Å².